The summed E-state index contributed by atoms with van der Waals surface area (Å²) >= 11 is 0. The Kier molecular flexibility index (Phi) is 12.8. The van der Waals surface area contributed by atoms with Crippen LogP contribution in [0.1, 0.15) is 45.0 Å². The zero-order valence-corrected chi connectivity index (χ0v) is 30.7. The normalized spacial score (nSPS) is 14.8. The summed E-state index contributed by atoms with van der Waals surface area (Å²) in [6.07, 6.45) is 2.16. The zero-order valence-electron chi connectivity index (χ0n) is 30.7. The zero-order chi connectivity index (χ0) is 38.1. The number of nitrogens with one attached hydrogen (secondary N) is 2. The first-order valence-electron chi connectivity index (χ1n) is 17.1. The van der Waals surface area contributed by atoms with Crippen molar-refractivity contribution in [1.82, 2.24) is 9.97 Å². The van der Waals surface area contributed by atoms with Gasteiger partial charge >= 0.3 is 12.2 Å². The molecule has 4 heterocycles. The highest BCUT2D eigenvalue weighted by molar-refractivity contribution is 6.42. The van der Waals surface area contributed by atoms with E-state index in [2.05, 4.69) is 9.97 Å². The molecule has 13 heteroatoms. The van der Waals surface area contributed by atoms with Gasteiger partial charge in [-0.2, -0.15) is 0 Å². The number of hydrogen-bond donors (Lipinski definition) is 2. The second-order valence-corrected chi connectivity index (χ2v) is 12.4. The Morgan fingerprint density at radius 3 is 1.42 bits per heavy atom. The van der Waals surface area contributed by atoms with Gasteiger partial charge < -0.3 is 33.7 Å². The maximum absolute atomic E-state index is 13.0. The quantitative estimate of drug-likeness (QED) is 0.128. The lowest BCUT2D eigenvalue weighted by Crippen LogP contribution is -2.34. The molecule has 2 aliphatic rings. The number of fused-ring (bicyclic) bond motifs is 2. The predicted molar refractivity (Wildman–Crippen MR) is 201 cm³/mol. The van der Waals surface area contributed by atoms with Crippen LogP contribution in [0.2, 0.25) is 0 Å². The molecule has 0 saturated carbocycles. The van der Waals surface area contributed by atoms with Crippen LogP contribution in [0, 0.1) is 27.7 Å². The van der Waals surface area contributed by atoms with Gasteiger partial charge in [-0.3, -0.25) is 9.59 Å². The van der Waals surface area contributed by atoms with Crippen molar-refractivity contribution in [2.75, 3.05) is 63.7 Å². The minimum Gasteiger partial charge on any atom is -0.446 e. The lowest BCUT2D eigenvalue weighted by molar-refractivity contribution is -0.113. The summed E-state index contributed by atoms with van der Waals surface area (Å²) in [7, 11) is 3.10. The molecule has 0 unspecified atom stereocenters. The molecule has 0 aliphatic carbocycles. The Bertz CT molecular complexity index is 2040. The Balaban J connectivity index is 0.000000206. The van der Waals surface area contributed by atoms with Gasteiger partial charge in [-0.05, 0) is 75.2 Å². The summed E-state index contributed by atoms with van der Waals surface area (Å²) in [5.74, 6) is -0.798. The first-order chi connectivity index (χ1) is 25.5. The molecular formula is C40H44N4O9. The smallest absolute Gasteiger partial charge is 0.421 e. The molecule has 53 heavy (non-hydrogen) atoms. The van der Waals surface area contributed by atoms with Gasteiger partial charge in [0.05, 0.1) is 48.9 Å². The predicted octanol–water partition coefficient (Wildman–Crippen LogP) is 6.62. The van der Waals surface area contributed by atoms with Crippen molar-refractivity contribution in [2.45, 2.75) is 27.7 Å². The number of nitrogens with zero attached hydrogens (tertiary/aromatic N) is 2. The van der Waals surface area contributed by atoms with Gasteiger partial charge in [-0.25, -0.2) is 19.4 Å². The number of amides is 4. The van der Waals surface area contributed by atoms with Gasteiger partial charge in [0, 0.05) is 48.1 Å². The van der Waals surface area contributed by atoms with Crippen molar-refractivity contribution in [3.05, 3.63) is 106 Å². The molecule has 0 fully saturated rings. The number of H-pyrrole nitrogens is 2. The lowest BCUT2D eigenvalue weighted by atomic mass is 10.1. The number of aromatic amines is 2. The molecule has 0 atom stereocenters. The van der Waals surface area contributed by atoms with Crippen molar-refractivity contribution in [2.24, 2.45) is 0 Å². The summed E-state index contributed by atoms with van der Waals surface area (Å²) in [5, 5.41) is 0. The average Bonchev–Trinajstić information content (AvgIpc) is 3.82. The molecule has 4 aromatic rings. The number of ether oxygens (including phenoxy) is 5. The number of carbonyl (C=O) groups is 4. The van der Waals surface area contributed by atoms with Crippen LogP contribution < -0.4 is 9.80 Å². The molecule has 0 spiro atoms. The van der Waals surface area contributed by atoms with E-state index < -0.39 is 24.0 Å². The molecule has 2 aliphatic heterocycles. The first kappa shape index (κ1) is 38.5. The number of rotatable bonds is 11. The Labute approximate surface area is 308 Å². The third-order valence-corrected chi connectivity index (χ3v) is 8.46. The van der Waals surface area contributed by atoms with Gasteiger partial charge in [0.1, 0.15) is 13.2 Å². The van der Waals surface area contributed by atoms with Crippen molar-refractivity contribution in [1.29, 1.82) is 0 Å². The fourth-order valence-electron chi connectivity index (χ4n) is 5.99. The molecule has 2 aromatic heterocycles. The summed E-state index contributed by atoms with van der Waals surface area (Å²) in [6.45, 7) is 9.41. The van der Waals surface area contributed by atoms with E-state index in [-0.39, 0.29) is 26.4 Å². The number of anilines is 2. The van der Waals surface area contributed by atoms with E-state index in [0.29, 0.717) is 46.9 Å². The van der Waals surface area contributed by atoms with Crippen LogP contribution in [0.3, 0.4) is 0 Å². The summed E-state index contributed by atoms with van der Waals surface area (Å²) in [4.78, 5) is 59.4. The standard InChI is InChI=1S/C21H24N2O5.C19H20N2O4/c1-14-12-15(2)22-18(14)13-17-16-6-4-5-7-19(16)23(20(17)24)21(25)28-11-10-27-9-8-26-3;1-12-10-13(2)20-16(12)11-15-14-6-4-5-7-17(14)21(18(15)22)19(23)25-9-8-24-3/h4-7,12-13,22H,8-11H2,1-3H3;4-7,10-11,20H,8-9H2,1-3H3/b17-13-;15-11-. The molecule has 2 aromatic carbocycles. The van der Waals surface area contributed by atoms with E-state index in [9.17, 15) is 19.2 Å². The Morgan fingerprint density at radius 1 is 0.604 bits per heavy atom. The van der Waals surface area contributed by atoms with E-state index in [0.717, 1.165) is 43.7 Å². The third kappa shape index (κ3) is 8.83. The minimum atomic E-state index is -0.712. The van der Waals surface area contributed by atoms with Crippen LogP contribution in [0.4, 0.5) is 21.0 Å². The first-order valence-corrected chi connectivity index (χ1v) is 17.1. The van der Waals surface area contributed by atoms with Crippen molar-refractivity contribution >= 4 is 58.7 Å². The summed E-state index contributed by atoms with van der Waals surface area (Å²) in [5.41, 5.74) is 9.16. The maximum atomic E-state index is 13.0. The highest BCUT2D eigenvalue weighted by Gasteiger charge is 2.39. The van der Waals surface area contributed by atoms with Crippen LogP contribution in [0.5, 0.6) is 0 Å². The third-order valence-electron chi connectivity index (χ3n) is 8.46. The van der Waals surface area contributed by atoms with Crippen molar-refractivity contribution in [3.8, 4) is 0 Å². The number of hydrogen-bond acceptors (Lipinski definition) is 9. The molecule has 0 saturated heterocycles. The van der Waals surface area contributed by atoms with E-state index in [4.69, 9.17) is 23.7 Å². The van der Waals surface area contributed by atoms with E-state index in [1.807, 2.05) is 64.1 Å². The molecule has 278 valence electrons. The minimum absolute atomic E-state index is 0.0580. The molecule has 0 radical (unpaired) electrons. The molecule has 13 nitrogen and oxygen atoms in total. The molecule has 4 amide bonds. The van der Waals surface area contributed by atoms with Gasteiger partial charge in [-0.1, -0.05) is 36.4 Å². The SMILES string of the molecule is COCCOC(=O)N1C(=O)/C(=C\c2[nH]c(C)cc2C)c2ccccc21.COCCOCCOC(=O)N1C(=O)/C(=C\c2[nH]c(C)cc2C)c2ccccc21. The summed E-state index contributed by atoms with van der Waals surface area (Å²) < 4.78 is 25.4. The second kappa shape index (κ2) is 17.6. The number of imide groups is 2. The number of aryl methyl sites for hydroxylation is 4. The van der Waals surface area contributed by atoms with Gasteiger partial charge in [0.25, 0.3) is 11.8 Å². The Morgan fingerprint density at radius 2 is 1.00 bits per heavy atom. The van der Waals surface area contributed by atoms with Gasteiger partial charge in [0.15, 0.2) is 0 Å². The van der Waals surface area contributed by atoms with Gasteiger partial charge in [-0.15, -0.1) is 0 Å². The number of benzene rings is 2. The monoisotopic (exact) mass is 724 g/mol. The molecular weight excluding hydrogens is 680 g/mol. The molecule has 0 bridgehead atoms. The fourth-order valence-corrected chi connectivity index (χ4v) is 5.99. The van der Waals surface area contributed by atoms with Crippen molar-refractivity contribution in [3.63, 3.8) is 0 Å². The lowest BCUT2D eigenvalue weighted by Gasteiger charge is -2.15. The number of para-hydroxylation sites is 2. The summed E-state index contributed by atoms with van der Waals surface area (Å²) in [6, 6.07) is 18.4. The van der Waals surface area contributed by atoms with E-state index in [1.165, 1.54) is 7.11 Å². The Hall–Kier alpha value is -5.76. The van der Waals surface area contributed by atoms with Crippen LogP contribution in [-0.4, -0.2) is 87.8 Å². The highest BCUT2D eigenvalue weighted by atomic mass is 16.6. The van der Waals surface area contributed by atoms with E-state index >= 15 is 0 Å². The largest absolute Gasteiger partial charge is 0.446 e. The number of aromatic nitrogens is 2. The van der Waals surface area contributed by atoms with Gasteiger partial charge in [0.2, 0.25) is 0 Å². The van der Waals surface area contributed by atoms with Crippen LogP contribution in [0.25, 0.3) is 23.3 Å². The average molecular weight is 725 g/mol. The van der Waals surface area contributed by atoms with Crippen LogP contribution in [0.15, 0.2) is 60.7 Å². The highest BCUT2D eigenvalue weighted by Crippen LogP contribution is 2.39. The van der Waals surface area contributed by atoms with Crippen LogP contribution >= 0.6 is 0 Å². The fraction of sp³-hybridized carbons (Fsp3) is 0.300. The maximum Gasteiger partial charge on any atom is 0.421 e. The number of carbonyl (C=O) groups excluding carboxylic acids is 4. The topological polar surface area (TPSA) is 152 Å². The van der Waals surface area contributed by atoms with Crippen molar-refractivity contribution < 1.29 is 42.9 Å². The van der Waals surface area contributed by atoms with Crippen LogP contribution in [-0.2, 0) is 33.3 Å². The second-order valence-electron chi connectivity index (χ2n) is 12.4. The van der Waals surface area contributed by atoms with E-state index in [1.54, 1.807) is 43.5 Å². The molecule has 6 rings (SSSR count). The molecule has 2 N–H and O–H groups in total. The number of methoxy groups -OCH3 is 2.